The predicted octanol–water partition coefficient (Wildman–Crippen LogP) is 1.90. The Kier molecular flexibility index (Phi) is 5.25. The lowest BCUT2D eigenvalue weighted by molar-refractivity contribution is -0.125. The minimum Gasteiger partial charge on any atom is -0.381 e. The van der Waals surface area contributed by atoms with E-state index in [1.165, 1.54) is 25.1 Å². The van der Waals surface area contributed by atoms with Gasteiger partial charge in [-0.1, -0.05) is 6.07 Å². The van der Waals surface area contributed by atoms with E-state index in [9.17, 15) is 13.6 Å². The van der Waals surface area contributed by atoms with E-state index >= 15 is 0 Å². The van der Waals surface area contributed by atoms with Crippen LogP contribution in [0.25, 0.3) is 0 Å². The van der Waals surface area contributed by atoms with Crippen LogP contribution in [-0.4, -0.2) is 25.2 Å². The summed E-state index contributed by atoms with van der Waals surface area (Å²) in [6.07, 6.45) is 1.44. The first kappa shape index (κ1) is 15.9. The second kappa shape index (κ2) is 6.95. The van der Waals surface area contributed by atoms with Gasteiger partial charge in [0.05, 0.1) is 12.1 Å². The number of nitrogens with two attached hydrogens (primary N) is 1. The number of ether oxygens (including phenoxy) is 1. The Balaban J connectivity index is 2.01. The lowest BCUT2D eigenvalue weighted by Crippen LogP contribution is -2.47. The summed E-state index contributed by atoms with van der Waals surface area (Å²) in [7, 11) is 0. The van der Waals surface area contributed by atoms with Crippen molar-refractivity contribution in [1.29, 1.82) is 0 Å². The zero-order valence-electron chi connectivity index (χ0n) is 11.9. The van der Waals surface area contributed by atoms with Crippen molar-refractivity contribution < 1.29 is 18.3 Å². The summed E-state index contributed by atoms with van der Waals surface area (Å²) in [6, 6.07) is 2.16. The molecule has 2 rings (SSSR count). The molecule has 1 aliphatic rings. The van der Waals surface area contributed by atoms with Crippen LogP contribution in [0.5, 0.6) is 0 Å². The van der Waals surface area contributed by atoms with Crippen LogP contribution in [0.3, 0.4) is 0 Å². The maximum atomic E-state index is 13.7. The smallest absolute Gasteiger partial charge is 0.237 e. The summed E-state index contributed by atoms with van der Waals surface area (Å²) in [5, 5.41) is 2.59. The van der Waals surface area contributed by atoms with Crippen LogP contribution in [0.4, 0.5) is 8.78 Å². The Morgan fingerprint density at radius 1 is 1.33 bits per heavy atom. The lowest BCUT2D eigenvalue weighted by atomic mass is 9.91. The van der Waals surface area contributed by atoms with E-state index in [4.69, 9.17) is 10.5 Å². The largest absolute Gasteiger partial charge is 0.381 e. The van der Waals surface area contributed by atoms with Gasteiger partial charge in [0.25, 0.3) is 0 Å². The van der Waals surface area contributed by atoms with Gasteiger partial charge in [0.2, 0.25) is 5.91 Å². The van der Waals surface area contributed by atoms with Crippen molar-refractivity contribution in [2.75, 3.05) is 13.2 Å². The minimum absolute atomic E-state index is 0.0383. The number of carbonyl (C=O) groups excluding carboxylic acids is 1. The van der Waals surface area contributed by atoms with Gasteiger partial charge in [0.1, 0.15) is 11.6 Å². The SMILES string of the molecule is CC(NC(=O)C(N)C1CCOCC1)c1c(F)cccc1F. The number of hydrogen-bond donors (Lipinski definition) is 2. The molecular formula is C15H20F2N2O2. The van der Waals surface area contributed by atoms with Crippen molar-refractivity contribution >= 4 is 5.91 Å². The Bertz CT molecular complexity index is 484. The molecule has 116 valence electrons. The van der Waals surface area contributed by atoms with Gasteiger partial charge in [-0.25, -0.2) is 8.78 Å². The number of amides is 1. The number of rotatable bonds is 4. The molecule has 1 fully saturated rings. The van der Waals surface area contributed by atoms with Crippen LogP contribution >= 0.6 is 0 Å². The summed E-state index contributed by atoms with van der Waals surface area (Å²) in [6.45, 7) is 2.71. The molecular weight excluding hydrogens is 278 g/mol. The van der Waals surface area contributed by atoms with Crippen LogP contribution in [0, 0.1) is 17.6 Å². The number of benzene rings is 1. The molecule has 1 heterocycles. The van der Waals surface area contributed by atoms with Crippen LogP contribution in [0.1, 0.15) is 31.4 Å². The van der Waals surface area contributed by atoms with Crippen LogP contribution < -0.4 is 11.1 Å². The molecule has 1 amide bonds. The van der Waals surface area contributed by atoms with Crippen LogP contribution in [0.2, 0.25) is 0 Å². The summed E-state index contributed by atoms with van der Waals surface area (Å²) in [5.41, 5.74) is 5.79. The molecule has 1 aliphatic heterocycles. The highest BCUT2D eigenvalue weighted by Crippen LogP contribution is 2.22. The Morgan fingerprint density at radius 2 is 1.90 bits per heavy atom. The zero-order chi connectivity index (χ0) is 15.4. The average Bonchev–Trinajstić information content (AvgIpc) is 2.47. The summed E-state index contributed by atoms with van der Waals surface area (Å²) in [4.78, 5) is 12.1. The normalized spacial score (nSPS) is 19.0. The molecule has 2 unspecified atom stereocenters. The molecule has 0 radical (unpaired) electrons. The van der Waals surface area contributed by atoms with Gasteiger partial charge in [-0.2, -0.15) is 0 Å². The summed E-state index contributed by atoms with van der Waals surface area (Å²) in [5.74, 6) is -1.71. The van der Waals surface area contributed by atoms with Crippen molar-refractivity contribution in [1.82, 2.24) is 5.32 Å². The predicted molar refractivity (Wildman–Crippen MR) is 74.4 cm³/mol. The van der Waals surface area contributed by atoms with E-state index in [2.05, 4.69) is 5.32 Å². The molecule has 0 saturated carbocycles. The van der Waals surface area contributed by atoms with Crippen molar-refractivity contribution in [2.45, 2.75) is 31.8 Å². The third-order valence-electron chi connectivity index (χ3n) is 3.87. The van der Waals surface area contributed by atoms with Gasteiger partial charge in [-0.3, -0.25) is 4.79 Å². The van der Waals surface area contributed by atoms with E-state index in [0.29, 0.717) is 13.2 Å². The van der Waals surface area contributed by atoms with E-state index in [1.807, 2.05) is 0 Å². The maximum absolute atomic E-state index is 13.7. The fourth-order valence-corrected chi connectivity index (χ4v) is 2.60. The van der Waals surface area contributed by atoms with Gasteiger partial charge < -0.3 is 15.8 Å². The summed E-state index contributed by atoms with van der Waals surface area (Å²) >= 11 is 0. The van der Waals surface area contributed by atoms with Crippen molar-refractivity contribution in [3.8, 4) is 0 Å². The van der Waals surface area contributed by atoms with Crippen LogP contribution in [-0.2, 0) is 9.53 Å². The Hall–Kier alpha value is -1.53. The Morgan fingerprint density at radius 3 is 2.48 bits per heavy atom. The van der Waals surface area contributed by atoms with Crippen LogP contribution in [0.15, 0.2) is 18.2 Å². The number of carbonyl (C=O) groups is 1. The molecule has 21 heavy (non-hydrogen) atoms. The standard InChI is InChI=1S/C15H20F2N2O2/c1-9(13-11(16)3-2-4-12(13)17)19-15(20)14(18)10-5-7-21-8-6-10/h2-4,9-10,14H,5-8,18H2,1H3,(H,19,20). The second-order valence-corrected chi connectivity index (χ2v) is 5.34. The highest BCUT2D eigenvalue weighted by molar-refractivity contribution is 5.82. The molecule has 1 saturated heterocycles. The quantitative estimate of drug-likeness (QED) is 0.892. The van der Waals surface area contributed by atoms with Crippen molar-refractivity contribution in [3.05, 3.63) is 35.4 Å². The molecule has 3 N–H and O–H groups in total. The van der Waals surface area contributed by atoms with Crippen molar-refractivity contribution in [2.24, 2.45) is 11.7 Å². The van der Waals surface area contributed by atoms with Gasteiger partial charge in [0, 0.05) is 18.8 Å². The molecule has 2 atom stereocenters. The molecule has 1 aromatic rings. The van der Waals surface area contributed by atoms with E-state index < -0.39 is 29.6 Å². The molecule has 1 aromatic carbocycles. The van der Waals surface area contributed by atoms with Gasteiger partial charge >= 0.3 is 0 Å². The first-order valence-corrected chi connectivity index (χ1v) is 7.08. The topological polar surface area (TPSA) is 64.4 Å². The van der Waals surface area contributed by atoms with Gasteiger partial charge in [-0.05, 0) is 37.8 Å². The summed E-state index contributed by atoms with van der Waals surface area (Å²) < 4.78 is 32.6. The average molecular weight is 298 g/mol. The lowest BCUT2D eigenvalue weighted by Gasteiger charge is -2.28. The molecule has 0 bridgehead atoms. The number of hydrogen-bond acceptors (Lipinski definition) is 3. The molecule has 4 nitrogen and oxygen atoms in total. The highest BCUT2D eigenvalue weighted by Gasteiger charge is 2.28. The van der Waals surface area contributed by atoms with E-state index in [-0.39, 0.29) is 11.5 Å². The molecule has 0 aliphatic carbocycles. The maximum Gasteiger partial charge on any atom is 0.237 e. The van der Waals surface area contributed by atoms with E-state index in [1.54, 1.807) is 0 Å². The van der Waals surface area contributed by atoms with E-state index in [0.717, 1.165) is 12.8 Å². The third-order valence-corrected chi connectivity index (χ3v) is 3.87. The molecule has 0 aromatic heterocycles. The number of halogens is 2. The zero-order valence-corrected chi connectivity index (χ0v) is 11.9. The fourth-order valence-electron chi connectivity index (χ4n) is 2.60. The second-order valence-electron chi connectivity index (χ2n) is 5.34. The highest BCUT2D eigenvalue weighted by atomic mass is 19.1. The number of nitrogens with one attached hydrogen (secondary N) is 1. The third kappa shape index (κ3) is 3.77. The molecule has 0 spiro atoms. The minimum atomic E-state index is -0.774. The fraction of sp³-hybridized carbons (Fsp3) is 0.533. The van der Waals surface area contributed by atoms with Gasteiger partial charge in [-0.15, -0.1) is 0 Å². The monoisotopic (exact) mass is 298 g/mol. The van der Waals surface area contributed by atoms with Gasteiger partial charge in [0.15, 0.2) is 0 Å². The molecule has 6 heteroatoms. The first-order chi connectivity index (χ1) is 10.0. The van der Waals surface area contributed by atoms with Crippen molar-refractivity contribution in [3.63, 3.8) is 0 Å². The first-order valence-electron chi connectivity index (χ1n) is 7.08. The Labute approximate surface area is 122 Å².